The highest BCUT2D eigenvalue weighted by Crippen LogP contribution is 2.16. The number of hydrogen-bond donors (Lipinski definition) is 1. The van der Waals surface area contributed by atoms with Crippen molar-refractivity contribution in [3.05, 3.63) is 29.8 Å². The standard InChI is InChI=1S/C17H24N2O3/c1-11-9-19(10-12(2)22-11)13(3)17(21)18-16-7-5-15(6-8-16)14(4)20/h5-8,11-13H,9-10H2,1-4H3,(H,18,21)/t11-,12-,13-/m0/s1. The number of morpholine rings is 1. The van der Waals surface area contributed by atoms with E-state index in [1.165, 1.54) is 6.92 Å². The van der Waals surface area contributed by atoms with Gasteiger partial charge in [0, 0.05) is 24.3 Å². The van der Waals surface area contributed by atoms with Crippen LogP contribution in [0.3, 0.4) is 0 Å². The maximum Gasteiger partial charge on any atom is 0.241 e. The van der Waals surface area contributed by atoms with Crippen molar-refractivity contribution in [2.24, 2.45) is 0 Å². The average molecular weight is 304 g/mol. The zero-order chi connectivity index (χ0) is 16.3. The Morgan fingerprint density at radius 2 is 1.73 bits per heavy atom. The van der Waals surface area contributed by atoms with Crippen LogP contribution in [0.25, 0.3) is 0 Å². The van der Waals surface area contributed by atoms with Gasteiger partial charge in [0.15, 0.2) is 5.78 Å². The van der Waals surface area contributed by atoms with Crippen molar-refractivity contribution < 1.29 is 14.3 Å². The van der Waals surface area contributed by atoms with Gasteiger partial charge in [-0.05, 0) is 52.0 Å². The third-order valence-corrected chi connectivity index (χ3v) is 3.93. The molecule has 3 atom stereocenters. The summed E-state index contributed by atoms with van der Waals surface area (Å²) in [4.78, 5) is 25.8. The molecule has 1 aromatic rings. The molecule has 0 radical (unpaired) electrons. The predicted molar refractivity (Wildman–Crippen MR) is 86.1 cm³/mol. The third kappa shape index (κ3) is 4.15. The summed E-state index contributed by atoms with van der Waals surface area (Å²) in [5.74, 6) is -0.0283. The molecule has 1 fully saturated rings. The van der Waals surface area contributed by atoms with Crippen molar-refractivity contribution >= 4 is 17.4 Å². The molecular formula is C17H24N2O3. The smallest absolute Gasteiger partial charge is 0.241 e. The second-order valence-corrected chi connectivity index (χ2v) is 6.01. The first-order valence-corrected chi connectivity index (χ1v) is 7.68. The van der Waals surface area contributed by atoms with Crippen LogP contribution in [0.2, 0.25) is 0 Å². The van der Waals surface area contributed by atoms with E-state index < -0.39 is 0 Å². The number of benzene rings is 1. The minimum atomic E-state index is -0.221. The number of Topliss-reactive ketones (excluding diaryl/α,β-unsaturated/α-hetero) is 1. The molecule has 5 heteroatoms. The normalized spacial score (nSPS) is 23.8. The van der Waals surface area contributed by atoms with E-state index in [1.54, 1.807) is 24.3 Å². The molecule has 0 aliphatic carbocycles. The van der Waals surface area contributed by atoms with Gasteiger partial charge in [-0.3, -0.25) is 14.5 Å². The highest BCUT2D eigenvalue weighted by atomic mass is 16.5. The molecule has 0 bridgehead atoms. The summed E-state index contributed by atoms with van der Waals surface area (Å²) < 4.78 is 5.69. The molecule has 0 aromatic heterocycles. The zero-order valence-corrected chi connectivity index (χ0v) is 13.6. The second kappa shape index (κ2) is 7.03. The van der Waals surface area contributed by atoms with E-state index in [1.807, 2.05) is 20.8 Å². The van der Waals surface area contributed by atoms with E-state index >= 15 is 0 Å². The summed E-state index contributed by atoms with van der Waals surface area (Å²) in [6.45, 7) is 8.98. The van der Waals surface area contributed by atoms with Crippen molar-refractivity contribution in [3.63, 3.8) is 0 Å². The van der Waals surface area contributed by atoms with Crippen molar-refractivity contribution in [3.8, 4) is 0 Å². The number of anilines is 1. The number of rotatable bonds is 4. The first-order chi connectivity index (χ1) is 10.4. The van der Waals surface area contributed by atoms with Crippen LogP contribution in [0.15, 0.2) is 24.3 Å². The minimum absolute atomic E-state index is 0.0162. The number of nitrogens with one attached hydrogen (secondary N) is 1. The summed E-state index contributed by atoms with van der Waals surface area (Å²) in [6.07, 6.45) is 0.266. The molecule has 5 nitrogen and oxygen atoms in total. The van der Waals surface area contributed by atoms with E-state index in [4.69, 9.17) is 4.74 Å². The summed E-state index contributed by atoms with van der Waals surface area (Å²) in [6, 6.07) is 6.74. The fourth-order valence-corrected chi connectivity index (χ4v) is 2.73. The molecule has 1 heterocycles. The number of amides is 1. The summed E-state index contributed by atoms with van der Waals surface area (Å²) in [5.41, 5.74) is 1.35. The van der Waals surface area contributed by atoms with Crippen LogP contribution in [-0.2, 0) is 9.53 Å². The maximum atomic E-state index is 12.4. The van der Waals surface area contributed by atoms with Gasteiger partial charge in [-0.25, -0.2) is 0 Å². The van der Waals surface area contributed by atoms with Crippen LogP contribution in [0.1, 0.15) is 38.1 Å². The van der Waals surface area contributed by atoms with Gasteiger partial charge in [-0.15, -0.1) is 0 Å². The number of hydrogen-bond acceptors (Lipinski definition) is 4. The largest absolute Gasteiger partial charge is 0.373 e. The molecule has 1 aromatic carbocycles. The molecule has 0 spiro atoms. The molecule has 120 valence electrons. The Labute approximate surface area is 131 Å². The number of ketones is 1. The van der Waals surface area contributed by atoms with Crippen molar-refractivity contribution in [1.82, 2.24) is 4.90 Å². The van der Waals surface area contributed by atoms with Gasteiger partial charge in [-0.2, -0.15) is 0 Å². The SMILES string of the molecule is CC(=O)c1ccc(NC(=O)[C@H](C)N2C[C@H](C)O[C@@H](C)C2)cc1. The average Bonchev–Trinajstić information content (AvgIpc) is 2.46. The fourth-order valence-electron chi connectivity index (χ4n) is 2.73. The third-order valence-electron chi connectivity index (χ3n) is 3.93. The predicted octanol–water partition coefficient (Wildman–Crippen LogP) is 2.33. The van der Waals surface area contributed by atoms with Crippen LogP contribution in [-0.4, -0.2) is 47.9 Å². The van der Waals surface area contributed by atoms with Gasteiger partial charge in [0.05, 0.1) is 18.2 Å². The highest BCUT2D eigenvalue weighted by Gasteiger charge is 2.29. The summed E-state index contributed by atoms with van der Waals surface area (Å²) in [7, 11) is 0. The fraction of sp³-hybridized carbons (Fsp3) is 0.529. The van der Waals surface area contributed by atoms with Crippen LogP contribution in [0.5, 0.6) is 0 Å². The van der Waals surface area contributed by atoms with Gasteiger partial charge in [0.1, 0.15) is 0 Å². The number of carbonyl (C=O) groups is 2. The molecule has 1 aliphatic rings. The highest BCUT2D eigenvalue weighted by molar-refractivity contribution is 5.96. The Morgan fingerprint density at radius 1 is 1.18 bits per heavy atom. The number of nitrogens with zero attached hydrogens (tertiary/aromatic N) is 1. The monoisotopic (exact) mass is 304 g/mol. The molecule has 1 amide bonds. The molecule has 1 N–H and O–H groups in total. The lowest BCUT2D eigenvalue weighted by molar-refractivity contribution is -0.126. The lowest BCUT2D eigenvalue weighted by atomic mass is 10.1. The van der Waals surface area contributed by atoms with Crippen LogP contribution in [0.4, 0.5) is 5.69 Å². The topological polar surface area (TPSA) is 58.6 Å². The van der Waals surface area contributed by atoms with E-state index in [0.29, 0.717) is 11.3 Å². The molecule has 0 unspecified atom stereocenters. The summed E-state index contributed by atoms with van der Waals surface area (Å²) >= 11 is 0. The van der Waals surface area contributed by atoms with E-state index in [0.717, 1.165) is 13.1 Å². The van der Waals surface area contributed by atoms with Gasteiger partial charge >= 0.3 is 0 Å². The summed E-state index contributed by atoms with van der Waals surface area (Å²) in [5, 5.41) is 2.90. The van der Waals surface area contributed by atoms with Gasteiger partial charge in [0.25, 0.3) is 0 Å². The Hall–Kier alpha value is -1.72. The maximum absolute atomic E-state index is 12.4. The van der Waals surface area contributed by atoms with E-state index in [-0.39, 0.29) is 29.9 Å². The van der Waals surface area contributed by atoms with Gasteiger partial charge in [-0.1, -0.05) is 0 Å². The zero-order valence-electron chi connectivity index (χ0n) is 13.6. The lowest BCUT2D eigenvalue weighted by Crippen LogP contribution is -2.52. The molecular weight excluding hydrogens is 280 g/mol. The van der Waals surface area contributed by atoms with Crippen LogP contribution in [0, 0.1) is 0 Å². The lowest BCUT2D eigenvalue weighted by Gasteiger charge is -2.38. The quantitative estimate of drug-likeness (QED) is 0.867. The molecule has 1 aliphatic heterocycles. The Balaban J connectivity index is 1.97. The second-order valence-electron chi connectivity index (χ2n) is 6.01. The van der Waals surface area contributed by atoms with Crippen LogP contribution >= 0.6 is 0 Å². The molecule has 22 heavy (non-hydrogen) atoms. The first kappa shape index (κ1) is 16.6. The molecule has 1 saturated heterocycles. The van der Waals surface area contributed by atoms with Crippen molar-refractivity contribution in [2.45, 2.75) is 45.9 Å². The first-order valence-electron chi connectivity index (χ1n) is 7.68. The van der Waals surface area contributed by atoms with Crippen molar-refractivity contribution in [1.29, 1.82) is 0 Å². The van der Waals surface area contributed by atoms with E-state index in [2.05, 4.69) is 10.2 Å². The molecule has 2 rings (SSSR count). The molecule has 0 saturated carbocycles. The van der Waals surface area contributed by atoms with Gasteiger partial charge in [0.2, 0.25) is 5.91 Å². The van der Waals surface area contributed by atoms with Gasteiger partial charge < -0.3 is 10.1 Å². The Bertz CT molecular complexity index is 531. The minimum Gasteiger partial charge on any atom is -0.373 e. The Kier molecular flexibility index (Phi) is 5.32. The van der Waals surface area contributed by atoms with E-state index in [9.17, 15) is 9.59 Å². The Morgan fingerprint density at radius 3 is 2.23 bits per heavy atom. The number of ether oxygens (including phenoxy) is 1. The van der Waals surface area contributed by atoms with Crippen LogP contribution < -0.4 is 5.32 Å². The van der Waals surface area contributed by atoms with Crippen molar-refractivity contribution in [2.75, 3.05) is 18.4 Å². The number of carbonyl (C=O) groups excluding carboxylic acids is 2.